The van der Waals surface area contributed by atoms with Gasteiger partial charge in [-0.2, -0.15) is 10.1 Å². The molecule has 3 aromatic heterocycles. The van der Waals surface area contributed by atoms with Crippen LogP contribution in [0.2, 0.25) is 5.02 Å². The Kier molecular flexibility index (Phi) is 4.69. The van der Waals surface area contributed by atoms with Gasteiger partial charge >= 0.3 is 0 Å². The monoisotopic (exact) mass is 516 g/mol. The van der Waals surface area contributed by atoms with E-state index < -0.39 is 5.54 Å². The lowest BCUT2D eigenvalue weighted by Crippen LogP contribution is -2.59. The average Bonchev–Trinajstić information content (AvgIpc) is 3.65. The molecule has 0 spiro atoms. The van der Waals surface area contributed by atoms with E-state index in [1.807, 2.05) is 47.1 Å². The number of aromatic nitrogens is 5. The summed E-state index contributed by atoms with van der Waals surface area (Å²) in [5.41, 5.74) is 7.32. The molecule has 11 heteroatoms. The molecule has 3 aliphatic rings. The molecule has 7 rings (SSSR count). The van der Waals surface area contributed by atoms with Crippen molar-refractivity contribution in [3.63, 3.8) is 0 Å². The first-order valence-electron chi connectivity index (χ1n) is 12.5. The largest absolute Gasteiger partial charge is 0.368 e. The quantitative estimate of drug-likeness (QED) is 0.443. The summed E-state index contributed by atoms with van der Waals surface area (Å²) < 4.78 is 3.15. The van der Waals surface area contributed by atoms with E-state index in [-0.39, 0.29) is 17.4 Å². The van der Waals surface area contributed by atoms with Gasteiger partial charge in [0.25, 0.3) is 11.5 Å². The lowest BCUT2D eigenvalue weighted by Gasteiger charge is -2.51. The predicted octanol–water partition coefficient (Wildman–Crippen LogP) is 2.80. The van der Waals surface area contributed by atoms with Crippen molar-refractivity contribution in [2.24, 2.45) is 0 Å². The number of nitrogens with zero attached hydrogens (tertiary/aromatic N) is 7. The maximum absolute atomic E-state index is 13.8. The number of rotatable bonds is 4. The van der Waals surface area contributed by atoms with Crippen LogP contribution in [0, 0.1) is 0 Å². The van der Waals surface area contributed by atoms with E-state index >= 15 is 0 Å². The molecular weight excluding hydrogens is 492 g/mol. The van der Waals surface area contributed by atoms with Crippen LogP contribution in [0.5, 0.6) is 0 Å². The van der Waals surface area contributed by atoms with E-state index in [2.05, 4.69) is 9.97 Å². The van der Waals surface area contributed by atoms with E-state index in [0.717, 1.165) is 12.8 Å². The number of nitrogens with two attached hydrogens (primary N) is 1. The number of fused-ring (bicyclic) bond motifs is 2. The molecule has 2 fully saturated rings. The number of hydrogen-bond donors (Lipinski definition) is 1. The lowest BCUT2D eigenvalue weighted by atomic mass is 9.84. The fraction of sp³-hybridized carbons (Fsp3) is 0.346. The Morgan fingerprint density at radius 1 is 1.08 bits per heavy atom. The minimum Gasteiger partial charge on any atom is -0.368 e. The first kappa shape index (κ1) is 22.3. The Labute approximate surface area is 217 Å². The van der Waals surface area contributed by atoms with Gasteiger partial charge in [0, 0.05) is 31.7 Å². The number of benzene rings is 1. The first-order chi connectivity index (χ1) is 17.9. The summed E-state index contributed by atoms with van der Waals surface area (Å²) in [6.45, 7) is 3.29. The van der Waals surface area contributed by atoms with E-state index in [1.165, 1.54) is 4.52 Å². The third-order valence-corrected chi connectivity index (χ3v) is 8.15. The number of carbonyl (C=O) groups is 1. The van der Waals surface area contributed by atoms with Crippen LogP contribution < -0.4 is 16.2 Å². The summed E-state index contributed by atoms with van der Waals surface area (Å²) in [5.74, 6) is 1.12. The van der Waals surface area contributed by atoms with Crippen LogP contribution in [0.1, 0.15) is 48.1 Å². The van der Waals surface area contributed by atoms with Crippen molar-refractivity contribution >= 4 is 34.8 Å². The minimum atomic E-state index is -0.739. The smallest absolute Gasteiger partial charge is 0.284 e. The van der Waals surface area contributed by atoms with Crippen LogP contribution in [0.4, 0.5) is 11.8 Å². The van der Waals surface area contributed by atoms with Crippen LogP contribution in [0.3, 0.4) is 0 Å². The van der Waals surface area contributed by atoms with E-state index in [0.29, 0.717) is 71.1 Å². The van der Waals surface area contributed by atoms with Gasteiger partial charge in [0.2, 0.25) is 5.95 Å². The molecular formula is C26H25ClN8O2. The van der Waals surface area contributed by atoms with Gasteiger partial charge in [-0.1, -0.05) is 29.8 Å². The van der Waals surface area contributed by atoms with Gasteiger partial charge in [-0.15, -0.1) is 0 Å². The molecule has 1 atom stereocenters. The summed E-state index contributed by atoms with van der Waals surface area (Å²) in [6.07, 6.45) is 5.08. The molecule has 2 N–H and O–H groups in total. The van der Waals surface area contributed by atoms with Crippen LogP contribution in [-0.4, -0.2) is 54.1 Å². The molecule has 1 saturated heterocycles. The normalized spacial score (nSPS) is 21.3. The zero-order valence-electron chi connectivity index (χ0n) is 20.3. The van der Waals surface area contributed by atoms with Gasteiger partial charge in [-0.25, -0.2) is 9.50 Å². The molecule has 0 unspecified atom stereocenters. The van der Waals surface area contributed by atoms with Gasteiger partial charge in [0.15, 0.2) is 5.82 Å². The number of halogens is 1. The lowest BCUT2D eigenvalue weighted by molar-refractivity contribution is 0.0724. The van der Waals surface area contributed by atoms with Crippen molar-refractivity contribution in [2.75, 3.05) is 23.7 Å². The van der Waals surface area contributed by atoms with E-state index in [4.69, 9.17) is 22.4 Å². The Hall–Kier alpha value is -3.92. The molecule has 37 heavy (non-hydrogen) atoms. The Bertz CT molecular complexity index is 1640. The summed E-state index contributed by atoms with van der Waals surface area (Å²) >= 11 is 6.38. The van der Waals surface area contributed by atoms with Crippen molar-refractivity contribution in [1.29, 1.82) is 0 Å². The number of amides is 1. The highest BCUT2D eigenvalue weighted by atomic mass is 35.5. The van der Waals surface area contributed by atoms with Crippen LogP contribution in [-0.2, 0) is 12.0 Å². The molecule has 188 valence electrons. The van der Waals surface area contributed by atoms with E-state index in [9.17, 15) is 9.59 Å². The fourth-order valence-corrected chi connectivity index (χ4v) is 5.87. The second kappa shape index (κ2) is 7.79. The summed E-state index contributed by atoms with van der Waals surface area (Å²) in [6, 6.07) is 11.3. The highest BCUT2D eigenvalue weighted by Gasteiger charge is 2.50. The predicted molar refractivity (Wildman–Crippen MR) is 139 cm³/mol. The molecule has 0 radical (unpaired) electrons. The molecule has 10 nitrogen and oxygen atoms in total. The van der Waals surface area contributed by atoms with Crippen molar-refractivity contribution in [2.45, 2.75) is 44.2 Å². The second-order valence-electron chi connectivity index (χ2n) is 10.1. The van der Waals surface area contributed by atoms with Crippen LogP contribution in [0.15, 0.2) is 47.4 Å². The molecule has 1 amide bonds. The molecule has 0 bridgehead atoms. The molecule has 1 saturated carbocycles. The zero-order valence-corrected chi connectivity index (χ0v) is 21.0. The summed E-state index contributed by atoms with van der Waals surface area (Å²) in [4.78, 5) is 40.4. The molecule has 2 aliphatic heterocycles. The third-order valence-electron chi connectivity index (χ3n) is 7.84. The van der Waals surface area contributed by atoms with Gasteiger partial charge in [-0.3, -0.25) is 14.2 Å². The first-order valence-corrected chi connectivity index (χ1v) is 12.9. The number of anilines is 2. The fourth-order valence-electron chi connectivity index (χ4n) is 5.64. The Morgan fingerprint density at radius 3 is 2.57 bits per heavy atom. The molecule has 5 heterocycles. The van der Waals surface area contributed by atoms with Crippen molar-refractivity contribution in [3.8, 4) is 5.69 Å². The highest BCUT2D eigenvalue weighted by molar-refractivity contribution is 6.33. The number of nitrogen functional groups attached to an aromatic ring is 1. The van der Waals surface area contributed by atoms with Crippen molar-refractivity contribution in [3.05, 3.63) is 75.1 Å². The number of para-hydroxylation sites is 1. The Balaban J connectivity index is 1.43. The summed E-state index contributed by atoms with van der Waals surface area (Å²) in [5, 5.41) is 5.23. The third kappa shape index (κ3) is 3.21. The standard InChI is InChI=1S/C26H25ClN8O2/c1-26(24-31-34-13-9-17(27)20(34)23(37)35(24)16-5-3-2-4-6-16)11-14-33(26)21-19-18(29-25(28)30-21)10-12-32(22(19)36)15-7-8-15/h2-6,9,13,15H,7-8,10-12,14H2,1H3,(H2,28,29,30)/t26-/m0/s1. The SMILES string of the molecule is C[C@@]1(c2nn3ccc(Cl)c3c(=O)n2-c2ccccc2)CCN1c1nc(N)nc2c1C(=O)N(C1CC1)CC2. The van der Waals surface area contributed by atoms with Crippen molar-refractivity contribution in [1.82, 2.24) is 29.0 Å². The second-order valence-corrected chi connectivity index (χ2v) is 10.5. The summed E-state index contributed by atoms with van der Waals surface area (Å²) in [7, 11) is 0. The molecule has 1 aromatic carbocycles. The number of carbonyl (C=O) groups excluding carboxylic acids is 1. The van der Waals surface area contributed by atoms with Crippen molar-refractivity contribution < 1.29 is 4.79 Å². The maximum atomic E-state index is 13.8. The zero-order chi connectivity index (χ0) is 25.5. The van der Waals surface area contributed by atoms with Gasteiger partial charge in [0.05, 0.1) is 16.4 Å². The van der Waals surface area contributed by atoms with Gasteiger partial charge in [-0.05, 0) is 44.4 Å². The number of hydrogen-bond acceptors (Lipinski definition) is 7. The van der Waals surface area contributed by atoms with E-state index in [1.54, 1.807) is 16.8 Å². The highest BCUT2D eigenvalue weighted by Crippen LogP contribution is 2.45. The van der Waals surface area contributed by atoms with Crippen LogP contribution in [0.25, 0.3) is 11.2 Å². The molecule has 4 aromatic rings. The Morgan fingerprint density at radius 2 is 1.86 bits per heavy atom. The van der Waals surface area contributed by atoms with Gasteiger partial charge < -0.3 is 15.5 Å². The minimum absolute atomic E-state index is 0.0472. The maximum Gasteiger partial charge on any atom is 0.284 e. The van der Waals surface area contributed by atoms with Gasteiger partial charge in [0.1, 0.15) is 22.4 Å². The molecule has 1 aliphatic carbocycles. The van der Waals surface area contributed by atoms with Crippen LogP contribution >= 0.6 is 11.6 Å². The average molecular weight is 517 g/mol. The topological polar surface area (TPSA) is 115 Å².